The number of aryl methyl sites for hydroxylation is 1. The van der Waals surface area contributed by atoms with Crippen LogP contribution in [0.25, 0.3) is 0 Å². The van der Waals surface area contributed by atoms with Crippen LogP contribution >= 0.6 is 35.3 Å². The molecule has 1 aliphatic rings. The molecule has 6 nitrogen and oxygen atoms in total. The number of thiazole rings is 1. The van der Waals surface area contributed by atoms with Gasteiger partial charge in [0.25, 0.3) is 0 Å². The predicted octanol–water partition coefficient (Wildman–Crippen LogP) is 2.95. The quantitative estimate of drug-likeness (QED) is 0.411. The number of halogens is 1. The lowest BCUT2D eigenvalue weighted by molar-refractivity contribution is 0.205. The molecule has 1 N–H and O–H groups in total. The highest BCUT2D eigenvalue weighted by atomic mass is 127. The molecule has 0 radical (unpaired) electrons. The number of hydrogen-bond acceptors (Lipinski definition) is 5. The summed E-state index contributed by atoms with van der Waals surface area (Å²) < 4.78 is 5.93. The van der Waals surface area contributed by atoms with Crippen LogP contribution < -0.4 is 10.1 Å². The summed E-state index contributed by atoms with van der Waals surface area (Å²) >= 11 is 1.71. The van der Waals surface area contributed by atoms with E-state index < -0.39 is 0 Å². The molecule has 0 aromatic carbocycles. The van der Waals surface area contributed by atoms with E-state index in [-0.39, 0.29) is 30.1 Å². The van der Waals surface area contributed by atoms with Gasteiger partial charge in [-0.1, -0.05) is 13.0 Å². The van der Waals surface area contributed by atoms with Crippen LogP contribution in [0.1, 0.15) is 24.0 Å². The van der Waals surface area contributed by atoms with Gasteiger partial charge in [-0.3, -0.25) is 4.99 Å². The van der Waals surface area contributed by atoms with Gasteiger partial charge in [0.15, 0.2) is 5.96 Å². The summed E-state index contributed by atoms with van der Waals surface area (Å²) in [7, 11) is 1.81. The number of ether oxygens (including phenoxy) is 1. The minimum absolute atomic E-state index is 0. The Kier molecular flexibility index (Phi) is 7.89. The Balaban J connectivity index is 0.00000225. The second kappa shape index (κ2) is 9.91. The van der Waals surface area contributed by atoms with Crippen molar-refractivity contribution in [3.05, 3.63) is 40.5 Å². The second-order valence-corrected chi connectivity index (χ2v) is 6.57. The van der Waals surface area contributed by atoms with E-state index in [2.05, 4.69) is 37.5 Å². The largest absolute Gasteiger partial charge is 0.472 e. The van der Waals surface area contributed by atoms with Crippen LogP contribution in [0.3, 0.4) is 0 Å². The predicted molar refractivity (Wildman–Crippen MR) is 112 cm³/mol. The van der Waals surface area contributed by atoms with Crippen LogP contribution in [0, 0.1) is 0 Å². The fourth-order valence-electron chi connectivity index (χ4n) is 2.70. The normalized spacial score (nSPS) is 17.3. The number of hydrogen-bond donors (Lipinski definition) is 1. The van der Waals surface area contributed by atoms with Gasteiger partial charge in [-0.05, 0) is 12.5 Å². The third-order valence-electron chi connectivity index (χ3n) is 3.91. The molecule has 0 bridgehead atoms. The van der Waals surface area contributed by atoms with Gasteiger partial charge < -0.3 is 15.0 Å². The minimum Gasteiger partial charge on any atom is -0.472 e. The lowest BCUT2D eigenvalue weighted by Gasteiger charge is -2.21. The summed E-state index contributed by atoms with van der Waals surface area (Å²) in [6.07, 6.45) is 3.84. The summed E-state index contributed by atoms with van der Waals surface area (Å²) in [6, 6.07) is 5.72. The average Bonchev–Trinajstić information content (AvgIpc) is 3.26. The molecule has 0 amide bonds. The van der Waals surface area contributed by atoms with Crippen LogP contribution in [-0.2, 0) is 13.0 Å². The Labute approximate surface area is 169 Å². The summed E-state index contributed by atoms with van der Waals surface area (Å²) in [5, 5.41) is 6.68. The molecule has 2 aromatic heterocycles. The minimum atomic E-state index is 0. The Bertz CT molecular complexity index is 679. The van der Waals surface area contributed by atoms with Crippen molar-refractivity contribution in [2.45, 2.75) is 32.4 Å². The smallest absolute Gasteiger partial charge is 0.213 e. The number of nitrogens with one attached hydrogen (secondary N) is 1. The van der Waals surface area contributed by atoms with Crippen molar-refractivity contribution in [3.8, 4) is 5.88 Å². The highest BCUT2D eigenvalue weighted by Crippen LogP contribution is 2.16. The zero-order valence-electron chi connectivity index (χ0n) is 14.5. The van der Waals surface area contributed by atoms with E-state index in [0.29, 0.717) is 12.4 Å². The first kappa shape index (κ1) is 19.9. The molecule has 0 saturated carbocycles. The maximum absolute atomic E-state index is 5.93. The molecular weight excluding hydrogens is 449 g/mol. The van der Waals surface area contributed by atoms with Crippen molar-refractivity contribution >= 4 is 41.3 Å². The van der Waals surface area contributed by atoms with E-state index in [1.54, 1.807) is 17.5 Å². The van der Waals surface area contributed by atoms with E-state index >= 15 is 0 Å². The highest BCUT2D eigenvalue weighted by Gasteiger charge is 2.26. The van der Waals surface area contributed by atoms with Crippen molar-refractivity contribution < 1.29 is 4.74 Å². The number of likely N-dealkylation sites (tertiary alicyclic amines) is 1. The fourth-order valence-corrected chi connectivity index (χ4v) is 3.44. The molecule has 0 spiro atoms. The molecule has 8 heteroatoms. The van der Waals surface area contributed by atoms with E-state index in [0.717, 1.165) is 37.6 Å². The molecule has 0 aliphatic carbocycles. The van der Waals surface area contributed by atoms with Gasteiger partial charge in [-0.25, -0.2) is 9.97 Å². The number of aliphatic imine (C=N–C) groups is 1. The summed E-state index contributed by atoms with van der Waals surface area (Å²) in [5.74, 6) is 1.58. The number of guanidine groups is 1. The molecule has 1 unspecified atom stereocenters. The van der Waals surface area contributed by atoms with Gasteiger partial charge in [-0.2, -0.15) is 0 Å². The Morgan fingerprint density at radius 1 is 1.48 bits per heavy atom. The van der Waals surface area contributed by atoms with E-state index in [1.165, 1.54) is 5.01 Å². The van der Waals surface area contributed by atoms with Crippen molar-refractivity contribution in [2.75, 3.05) is 20.1 Å². The Morgan fingerprint density at radius 2 is 2.36 bits per heavy atom. The standard InChI is InChI=1S/C17H23N5OS.HI/c1-3-16-21-13(12-24-16)10-20-17(18-2)22-9-7-14(11-22)23-15-6-4-5-8-19-15;/h4-6,8,12,14H,3,7,9-11H2,1-2H3,(H,18,20);1H. The molecule has 136 valence electrons. The Hall–Kier alpha value is -1.42. The number of pyridine rings is 1. The van der Waals surface area contributed by atoms with Crippen molar-refractivity contribution in [1.29, 1.82) is 0 Å². The molecule has 1 fully saturated rings. The summed E-state index contributed by atoms with van der Waals surface area (Å²) in [5.41, 5.74) is 1.07. The monoisotopic (exact) mass is 473 g/mol. The topological polar surface area (TPSA) is 62.6 Å². The van der Waals surface area contributed by atoms with Gasteiger partial charge in [0.2, 0.25) is 5.88 Å². The first-order valence-electron chi connectivity index (χ1n) is 8.25. The van der Waals surface area contributed by atoms with E-state index in [1.807, 2.05) is 25.2 Å². The van der Waals surface area contributed by atoms with Crippen molar-refractivity contribution in [1.82, 2.24) is 20.2 Å². The third kappa shape index (κ3) is 5.53. The lowest BCUT2D eigenvalue weighted by atomic mass is 10.3. The van der Waals surface area contributed by atoms with Gasteiger partial charge in [-0.15, -0.1) is 35.3 Å². The van der Waals surface area contributed by atoms with Crippen LogP contribution in [-0.4, -0.2) is 47.1 Å². The van der Waals surface area contributed by atoms with Gasteiger partial charge in [0.05, 0.1) is 23.8 Å². The first-order valence-corrected chi connectivity index (χ1v) is 9.13. The molecule has 1 aliphatic heterocycles. The maximum Gasteiger partial charge on any atom is 0.213 e. The maximum atomic E-state index is 5.93. The second-order valence-electron chi connectivity index (χ2n) is 5.63. The Morgan fingerprint density at radius 3 is 3.04 bits per heavy atom. The number of nitrogens with zero attached hydrogens (tertiary/aromatic N) is 4. The molecular formula is C17H24IN5OS. The number of rotatable bonds is 5. The van der Waals surface area contributed by atoms with Gasteiger partial charge in [0, 0.05) is 37.7 Å². The zero-order chi connectivity index (χ0) is 16.8. The third-order valence-corrected chi connectivity index (χ3v) is 4.95. The van der Waals surface area contributed by atoms with Crippen LogP contribution in [0.4, 0.5) is 0 Å². The highest BCUT2D eigenvalue weighted by molar-refractivity contribution is 14.0. The lowest BCUT2D eigenvalue weighted by Crippen LogP contribution is -2.40. The summed E-state index contributed by atoms with van der Waals surface area (Å²) in [4.78, 5) is 15.4. The van der Waals surface area contributed by atoms with Crippen LogP contribution in [0.5, 0.6) is 5.88 Å². The average molecular weight is 473 g/mol. The SMILES string of the molecule is CCc1nc(CNC(=NC)N2CCC(Oc3ccccn3)C2)cs1.I. The van der Waals surface area contributed by atoms with Crippen molar-refractivity contribution in [3.63, 3.8) is 0 Å². The van der Waals surface area contributed by atoms with Crippen LogP contribution in [0.2, 0.25) is 0 Å². The van der Waals surface area contributed by atoms with Gasteiger partial charge >= 0.3 is 0 Å². The zero-order valence-corrected chi connectivity index (χ0v) is 17.7. The van der Waals surface area contributed by atoms with Gasteiger partial charge in [0.1, 0.15) is 6.10 Å². The molecule has 1 saturated heterocycles. The first-order chi connectivity index (χ1) is 11.8. The summed E-state index contributed by atoms with van der Waals surface area (Å²) in [6.45, 7) is 4.56. The van der Waals surface area contributed by atoms with E-state index in [9.17, 15) is 0 Å². The molecule has 1 atom stereocenters. The molecule has 3 heterocycles. The molecule has 2 aromatic rings. The number of aromatic nitrogens is 2. The fraction of sp³-hybridized carbons (Fsp3) is 0.471. The van der Waals surface area contributed by atoms with Crippen molar-refractivity contribution in [2.24, 2.45) is 4.99 Å². The molecule has 3 rings (SSSR count). The van der Waals surface area contributed by atoms with Crippen LogP contribution in [0.15, 0.2) is 34.8 Å². The van der Waals surface area contributed by atoms with E-state index in [4.69, 9.17) is 4.74 Å². The molecule has 25 heavy (non-hydrogen) atoms.